The fourth-order valence-electron chi connectivity index (χ4n) is 2.21. The number of benzene rings is 2. The predicted octanol–water partition coefficient (Wildman–Crippen LogP) is 7.54. The molecule has 0 saturated heterocycles. The van der Waals surface area contributed by atoms with Crippen molar-refractivity contribution in [1.82, 2.24) is 0 Å². The average Bonchev–Trinajstić information content (AvgIpc) is 2.85. The van der Waals surface area contributed by atoms with Gasteiger partial charge in [0.1, 0.15) is 17.1 Å². The molecular formula is C25H30N4O8. The number of carbonyl (C=O) groups excluding carboxylic acids is 4. The summed E-state index contributed by atoms with van der Waals surface area (Å²) in [6.07, 6.45) is -0.993. The zero-order valence-corrected chi connectivity index (χ0v) is 21.2. The van der Waals surface area contributed by atoms with Gasteiger partial charge in [-0.2, -0.15) is 0 Å². The summed E-state index contributed by atoms with van der Waals surface area (Å²) in [7, 11) is 0. The van der Waals surface area contributed by atoms with Crippen LogP contribution in [0.15, 0.2) is 81.1 Å². The molecule has 0 atom stereocenters. The summed E-state index contributed by atoms with van der Waals surface area (Å²) in [6.45, 7) is 7.37. The Morgan fingerprint density at radius 1 is 0.649 bits per heavy atom. The maximum Gasteiger partial charge on any atom is 0.458 e. The number of nitrogens with zero attached hydrogens (tertiary/aromatic N) is 4. The maximum atomic E-state index is 11.2. The number of azo groups is 2. The van der Waals surface area contributed by atoms with E-state index in [-0.39, 0.29) is 6.61 Å². The number of amides is 4. The van der Waals surface area contributed by atoms with E-state index in [1.807, 2.05) is 6.92 Å². The highest BCUT2D eigenvalue weighted by molar-refractivity contribution is 5.75. The van der Waals surface area contributed by atoms with Gasteiger partial charge in [0.2, 0.25) is 0 Å². The normalized spacial score (nSPS) is 10.8. The highest BCUT2D eigenvalue weighted by atomic mass is 16.6. The number of hydrogen-bond acceptors (Lipinski definition) is 8. The number of rotatable bonds is 6. The second-order valence-corrected chi connectivity index (χ2v) is 8.06. The molecule has 0 aromatic heterocycles. The minimum absolute atomic E-state index is 0.277. The predicted molar refractivity (Wildman–Crippen MR) is 132 cm³/mol. The molecule has 0 radical (unpaired) electrons. The van der Waals surface area contributed by atoms with Gasteiger partial charge in [-0.25, -0.2) is 19.2 Å². The fraction of sp³-hybridized carbons (Fsp3) is 0.360. The molecule has 0 aliphatic rings. The highest BCUT2D eigenvalue weighted by Crippen LogP contribution is 2.11. The summed E-state index contributed by atoms with van der Waals surface area (Å²) in [5, 5.41) is 12.4. The third-order valence-electron chi connectivity index (χ3n) is 3.69. The Morgan fingerprint density at radius 3 is 1.51 bits per heavy atom. The molecule has 2 rings (SSSR count). The molecule has 0 N–H and O–H groups in total. The van der Waals surface area contributed by atoms with Gasteiger partial charge in [-0.15, -0.1) is 0 Å². The first kappa shape index (κ1) is 30.6. The van der Waals surface area contributed by atoms with Gasteiger partial charge in [-0.3, -0.25) is 0 Å². The van der Waals surface area contributed by atoms with Gasteiger partial charge in [-0.1, -0.05) is 76.6 Å². The van der Waals surface area contributed by atoms with Crippen LogP contribution in [0.3, 0.4) is 0 Å². The van der Waals surface area contributed by atoms with Crippen LogP contribution in [0.4, 0.5) is 19.2 Å². The molecule has 12 heteroatoms. The Hall–Kier alpha value is -4.48. The molecule has 37 heavy (non-hydrogen) atoms. The lowest BCUT2D eigenvalue weighted by Crippen LogP contribution is -2.21. The number of para-hydroxylation sites is 2. The van der Waals surface area contributed by atoms with Crippen LogP contribution in [0.2, 0.25) is 0 Å². The SMILES string of the molecule is CC(C)(C)OC(=O)N=NC(=O)Oc1ccccc1.CCCCCOC(=O)N=NC(=O)Oc1ccccc1. The third kappa shape index (κ3) is 16.7. The largest absolute Gasteiger partial charge is 0.458 e. The van der Waals surface area contributed by atoms with Crippen LogP contribution in [0.5, 0.6) is 11.5 Å². The van der Waals surface area contributed by atoms with Crippen LogP contribution in [0, 0.1) is 0 Å². The second-order valence-electron chi connectivity index (χ2n) is 8.06. The van der Waals surface area contributed by atoms with Crippen molar-refractivity contribution in [3.8, 4) is 11.5 Å². The Morgan fingerprint density at radius 2 is 1.08 bits per heavy atom. The second kappa shape index (κ2) is 17.0. The zero-order chi connectivity index (χ0) is 27.5. The van der Waals surface area contributed by atoms with Gasteiger partial charge < -0.3 is 18.9 Å². The van der Waals surface area contributed by atoms with Crippen molar-refractivity contribution in [1.29, 1.82) is 0 Å². The van der Waals surface area contributed by atoms with Crippen molar-refractivity contribution in [2.45, 2.75) is 52.6 Å². The summed E-state index contributed by atoms with van der Waals surface area (Å²) in [6, 6.07) is 16.7. The molecule has 198 valence electrons. The molecular weight excluding hydrogens is 484 g/mol. The van der Waals surface area contributed by atoms with Crippen molar-refractivity contribution in [3.05, 3.63) is 60.7 Å². The Balaban J connectivity index is 0.000000371. The zero-order valence-electron chi connectivity index (χ0n) is 21.2. The van der Waals surface area contributed by atoms with E-state index >= 15 is 0 Å². The van der Waals surface area contributed by atoms with E-state index in [9.17, 15) is 19.2 Å². The van der Waals surface area contributed by atoms with Gasteiger partial charge in [0, 0.05) is 0 Å². The van der Waals surface area contributed by atoms with Crippen LogP contribution in [-0.2, 0) is 9.47 Å². The number of unbranched alkanes of at least 4 members (excludes halogenated alkanes) is 2. The molecule has 2 aromatic rings. The first-order valence-electron chi connectivity index (χ1n) is 11.4. The van der Waals surface area contributed by atoms with Crippen LogP contribution < -0.4 is 9.47 Å². The van der Waals surface area contributed by atoms with E-state index in [2.05, 4.69) is 20.5 Å². The van der Waals surface area contributed by atoms with E-state index in [1.165, 1.54) is 0 Å². The topological polar surface area (TPSA) is 155 Å². The summed E-state index contributed by atoms with van der Waals surface area (Å²) in [5.74, 6) is 0.661. The van der Waals surface area contributed by atoms with E-state index in [0.29, 0.717) is 11.5 Å². The fourth-order valence-corrected chi connectivity index (χ4v) is 2.21. The van der Waals surface area contributed by atoms with Crippen molar-refractivity contribution < 1.29 is 38.1 Å². The van der Waals surface area contributed by atoms with Gasteiger partial charge in [0.25, 0.3) is 0 Å². The molecule has 0 aliphatic carbocycles. The molecule has 0 aliphatic heterocycles. The van der Waals surface area contributed by atoms with E-state index in [0.717, 1.165) is 19.3 Å². The molecule has 0 heterocycles. The average molecular weight is 515 g/mol. The van der Waals surface area contributed by atoms with Crippen LogP contribution in [0.25, 0.3) is 0 Å². The molecule has 12 nitrogen and oxygen atoms in total. The summed E-state index contributed by atoms with van der Waals surface area (Å²) in [4.78, 5) is 44.6. The first-order chi connectivity index (χ1) is 17.6. The van der Waals surface area contributed by atoms with Gasteiger partial charge in [0.15, 0.2) is 0 Å². The van der Waals surface area contributed by atoms with E-state index in [1.54, 1.807) is 81.4 Å². The number of hydrogen-bond donors (Lipinski definition) is 0. The first-order valence-corrected chi connectivity index (χ1v) is 11.4. The minimum atomic E-state index is -0.980. The maximum absolute atomic E-state index is 11.2. The van der Waals surface area contributed by atoms with Crippen molar-refractivity contribution in [3.63, 3.8) is 0 Å². The standard InChI is InChI=1S/C13H16N2O4.C12H14N2O4/c1-2-3-7-10-18-12(16)14-15-13(17)19-11-8-5-4-6-9-11;1-12(2,3)18-11(16)14-13-10(15)17-9-7-5-4-6-8-9/h4-6,8-9H,2-3,7,10H2,1H3;4-8H,1-3H3. The Bertz CT molecular complexity index is 1050. The van der Waals surface area contributed by atoms with E-state index < -0.39 is 30.0 Å². The van der Waals surface area contributed by atoms with Crippen molar-refractivity contribution >= 4 is 24.4 Å². The third-order valence-corrected chi connectivity index (χ3v) is 3.69. The lowest BCUT2D eigenvalue weighted by Gasteiger charge is -2.16. The molecule has 0 saturated carbocycles. The van der Waals surface area contributed by atoms with Crippen LogP contribution >= 0.6 is 0 Å². The number of ether oxygens (including phenoxy) is 4. The van der Waals surface area contributed by atoms with E-state index in [4.69, 9.17) is 18.9 Å². The number of carbonyl (C=O) groups is 4. The van der Waals surface area contributed by atoms with Gasteiger partial charge in [0.05, 0.1) is 6.61 Å². The minimum Gasteiger partial charge on any atom is -0.447 e. The molecule has 0 spiro atoms. The van der Waals surface area contributed by atoms with Gasteiger partial charge >= 0.3 is 24.4 Å². The highest BCUT2D eigenvalue weighted by Gasteiger charge is 2.16. The van der Waals surface area contributed by atoms with Crippen molar-refractivity contribution in [2.75, 3.05) is 6.61 Å². The molecule has 0 unspecified atom stereocenters. The van der Waals surface area contributed by atoms with Crippen LogP contribution in [-0.4, -0.2) is 36.6 Å². The van der Waals surface area contributed by atoms with Crippen molar-refractivity contribution in [2.24, 2.45) is 20.5 Å². The van der Waals surface area contributed by atoms with Crippen LogP contribution in [0.1, 0.15) is 47.0 Å². The summed E-state index contributed by atoms with van der Waals surface area (Å²) < 4.78 is 19.2. The molecule has 0 bridgehead atoms. The molecule has 4 amide bonds. The Labute approximate surface area is 214 Å². The monoisotopic (exact) mass is 514 g/mol. The lowest BCUT2D eigenvalue weighted by atomic mass is 10.2. The molecule has 2 aromatic carbocycles. The van der Waals surface area contributed by atoms with Gasteiger partial charge in [-0.05, 0) is 51.5 Å². The lowest BCUT2D eigenvalue weighted by molar-refractivity contribution is 0.0588. The smallest absolute Gasteiger partial charge is 0.447 e. The summed E-state index contributed by atoms with van der Waals surface area (Å²) >= 11 is 0. The summed E-state index contributed by atoms with van der Waals surface area (Å²) in [5.41, 5.74) is -0.681. The molecule has 0 fully saturated rings. The Kier molecular flexibility index (Phi) is 14.1. The quantitative estimate of drug-likeness (QED) is 0.283.